The molecule has 0 spiro atoms. The summed E-state index contributed by atoms with van der Waals surface area (Å²) in [5.41, 5.74) is 0.781. The van der Waals surface area contributed by atoms with Crippen LogP contribution in [-0.2, 0) is 14.8 Å². The van der Waals surface area contributed by atoms with E-state index in [0.717, 1.165) is 31.5 Å². The molecule has 25 heavy (non-hydrogen) atoms. The minimum absolute atomic E-state index is 0. The number of hydrogen-bond acceptors (Lipinski definition) is 4. The number of nitrogens with zero attached hydrogens (tertiary/aromatic N) is 2. The summed E-state index contributed by atoms with van der Waals surface area (Å²) in [5, 5.41) is 3.13. The van der Waals surface area contributed by atoms with E-state index in [-0.39, 0.29) is 18.3 Å². The van der Waals surface area contributed by atoms with E-state index >= 15 is 0 Å². The van der Waals surface area contributed by atoms with Crippen LogP contribution in [-0.4, -0.2) is 51.9 Å². The first-order chi connectivity index (χ1) is 11.5. The van der Waals surface area contributed by atoms with E-state index in [1.807, 2.05) is 7.05 Å². The molecule has 0 bridgehead atoms. The van der Waals surface area contributed by atoms with Crippen LogP contribution in [0.1, 0.15) is 25.7 Å². The van der Waals surface area contributed by atoms with Crippen LogP contribution >= 0.6 is 12.4 Å². The molecule has 0 aliphatic carbocycles. The Balaban J connectivity index is 0.00000225. The SMILES string of the molecule is CNCC1CCCN(S(=O)(=O)c2ccc(N3CCCC3=O)cc2)C1.Cl. The summed E-state index contributed by atoms with van der Waals surface area (Å²) in [6.45, 7) is 2.69. The van der Waals surface area contributed by atoms with Gasteiger partial charge in [0.25, 0.3) is 0 Å². The van der Waals surface area contributed by atoms with Crippen LogP contribution in [0.5, 0.6) is 0 Å². The minimum Gasteiger partial charge on any atom is -0.319 e. The average Bonchev–Trinajstić information content (AvgIpc) is 3.02. The molecule has 6 nitrogen and oxygen atoms in total. The van der Waals surface area contributed by atoms with Gasteiger partial charge in [-0.25, -0.2) is 8.42 Å². The topological polar surface area (TPSA) is 69.7 Å². The van der Waals surface area contributed by atoms with Crippen molar-refractivity contribution in [3.63, 3.8) is 0 Å². The van der Waals surface area contributed by atoms with Gasteiger partial charge in [-0.1, -0.05) is 0 Å². The van der Waals surface area contributed by atoms with Crippen molar-refractivity contribution in [2.24, 2.45) is 5.92 Å². The lowest BCUT2D eigenvalue weighted by Gasteiger charge is -2.32. The van der Waals surface area contributed by atoms with Crippen LogP contribution in [0.3, 0.4) is 0 Å². The molecule has 1 atom stereocenters. The first-order valence-electron chi connectivity index (χ1n) is 8.57. The van der Waals surface area contributed by atoms with Crippen LogP contribution in [0.25, 0.3) is 0 Å². The third-order valence-corrected chi connectivity index (χ3v) is 6.71. The fourth-order valence-corrected chi connectivity index (χ4v) is 5.12. The monoisotopic (exact) mass is 387 g/mol. The number of piperidine rings is 1. The molecule has 1 unspecified atom stereocenters. The maximum Gasteiger partial charge on any atom is 0.243 e. The maximum atomic E-state index is 12.9. The molecule has 1 aromatic carbocycles. The zero-order valence-corrected chi connectivity index (χ0v) is 16.1. The Morgan fingerprint density at radius 2 is 1.88 bits per heavy atom. The Morgan fingerprint density at radius 1 is 1.16 bits per heavy atom. The standard InChI is InChI=1S/C17H25N3O3S.ClH/c1-18-12-14-4-2-10-19(13-14)24(22,23)16-8-6-15(7-9-16)20-11-3-5-17(20)21;/h6-9,14,18H,2-5,10-13H2,1H3;1H. The average molecular weight is 388 g/mol. The molecule has 2 fully saturated rings. The first-order valence-corrected chi connectivity index (χ1v) is 10.0. The van der Waals surface area contributed by atoms with Gasteiger partial charge in [-0.3, -0.25) is 4.79 Å². The van der Waals surface area contributed by atoms with Crippen LogP contribution in [0.4, 0.5) is 5.69 Å². The second-order valence-electron chi connectivity index (χ2n) is 6.57. The maximum absolute atomic E-state index is 12.9. The minimum atomic E-state index is -3.46. The Hall–Kier alpha value is -1.15. The molecular weight excluding hydrogens is 362 g/mol. The summed E-state index contributed by atoms with van der Waals surface area (Å²) < 4.78 is 27.3. The van der Waals surface area contributed by atoms with Gasteiger partial charge in [0.05, 0.1) is 4.90 Å². The van der Waals surface area contributed by atoms with Gasteiger partial charge in [-0.2, -0.15) is 4.31 Å². The number of anilines is 1. The summed E-state index contributed by atoms with van der Waals surface area (Å²) >= 11 is 0. The van der Waals surface area contributed by atoms with Crippen LogP contribution in [0.15, 0.2) is 29.2 Å². The molecule has 140 valence electrons. The van der Waals surface area contributed by atoms with Crippen LogP contribution in [0, 0.1) is 5.92 Å². The van der Waals surface area contributed by atoms with Crippen molar-refractivity contribution < 1.29 is 13.2 Å². The van der Waals surface area contributed by atoms with Gasteiger partial charge >= 0.3 is 0 Å². The molecule has 8 heteroatoms. The molecule has 1 aromatic rings. The lowest BCUT2D eigenvalue weighted by atomic mass is 10.00. The summed E-state index contributed by atoms with van der Waals surface area (Å²) in [6, 6.07) is 6.73. The summed E-state index contributed by atoms with van der Waals surface area (Å²) in [5.74, 6) is 0.469. The van der Waals surface area contributed by atoms with Crippen molar-refractivity contribution in [3.05, 3.63) is 24.3 Å². The van der Waals surface area contributed by atoms with Gasteiger partial charge in [0.2, 0.25) is 15.9 Å². The number of amides is 1. The zero-order valence-electron chi connectivity index (χ0n) is 14.5. The third-order valence-electron chi connectivity index (χ3n) is 4.83. The Labute approximate surface area is 156 Å². The number of rotatable bonds is 5. The summed E-state index contributed by atoms with van der Waals surface area (Å²) in [4.78, 5) is 13.8. The van der Waals surface area contributed by atoms with E-state index in [9.17, 15) is 13.2 Å². The Bertz CT molecular complexity index is 692. The van der Waals surface area contributed by atoms with Gasteiger partial charge < -0.3 is 10.2 Å². The predicted molar refractivity (Wildman–Crippen MR) is 101 cm³/mol. The second-order valence-corrected chi connectivity index (χ2v) is 8.51. The number of sulfonamides is 1. The van der Waals surface area contributed by atoms with Gasteiger partial charge in [-0.15, -0.1) is 12.4 Å². The zero-order chi connectivity index (χ0) is 17.2. The number of carbonyl (C=O) groups excluding carboxylic acids is 1. The van der Waals surface area contributed by atoms with Crippen molar-refractivity contribution in [2.75, 3.05) is 38.1 Å². The quantitative estimate of drug-likeness (QED) is 0.837. The van der Waals surface area contributed by atoms with E-state index in [1.165, 1.54) is 0 Å². The van der Waals surface area contributed by atoms with Crippen LogP contribution < -0.4 is 10.2 Å². The van der Waals surface area contributed by atoms with Crippen LogP contribution in [0.2, 0.25) is 0 Å². The second kappa shape index (κ2) is 8.49. The molecule has 2 aliphatic heterocycles. The van der Waals surface area contributed by atoms with Crippen molar-refractivity contribution in [2.45, 2.75) is 30.6 Å². The normalized spacial score (nSPS) is 22.0. The highest BCUT2D eigenvalue weighted by atomic mass is 35.5. The highest BCUT2D eigenvalue weighted by molar-refractivity contribution is 7.89. The molecule has 3 rings (SSSR count). The molecule has 1 amide bonds. The molecule has 2 heterocycles. The van der Waals surface area contributed by atoms with Crippen molar-refractivity contribution in [1.29, 1.82) is 0 Å². The lowest BCUT2D eigenvalue weighted by Crippen LogP contribution is -2.42. The van der Waals surface area contributed by atoms with Crippen molar-refractivity contribution in [1.82, 2.24) is 9.62 Å². The molecule has 0 aromatic heterocycles. The number of carbonyl (C=O) groups is 1. The Kier molecular flexibility index (Phi) is 6.85. The first kappa shape index (κ1) is 20.2. The van der Waals surface area contributed by atoms with E-state index in [2.05, 4.69) is 5.32 Å². The van der Waals surface area contributed by atoms with E-state index in [4.69, 9.17) is 0 Å². The third kappa shape index (κ3) is 4.34. The van der Waals surface area contributed by atoms with E-state index < -0.39 is 10.0 Å². The lowest BCUT2D eigenvalue weighted by molar-refractivity contribution is -0.117. The summed E-state index contributed by atoms with van der Waals surface area (Å²) in [6.07, 6.45) is 3.38. The van der Waals surface area contributed by atoms with Crippen molar-refractivity contribution in [3.8, 4) is 0 Å². The fraction of sp³-hybridized carbons (Fsp3) is 0.588. The largest absolute Gasteiger partial charge is 0.319 e. The summed E-state index contributed by atoms with van der Waals surface area (Å²) in [7, 11) is -1.57. The Morgan fingerprint density at radius 3 is 2.48 bits per heavy atom. The number of hydrogen-bond donors (Lipinski definition) is 1. The van der Waals surface area contributed by atoms with Gasteiger partial charge in [0.1, 0.15) is 0 Å². The number of benzene rings is 1. The smallest absolute Gasteiger partial charge is 0.243 e. The molecule has 0 radical (unpaired) electrons. The van der Waals surface area contributed by atoms with E-state index in [0.29, 0.717) is 36.9 Å². The predicted octanol–water partition coefficient (Wildman–Crippen LogP) is 1.86. The molecular formula is C17H26ClN3O3S. The van der Waals surface area contributed by atoms with Gasteiger partial charge in [0, 0.05) is 31.7 Å². The molecule has 2 saturated heterocycles. The number of halogens is 1. The molecule has 1 N–H and O–H groups in total. The van der Waals surface area contributed by atoms with Gasteiger partial charge in [0.15, 0.2) is 0 Å². The van der Waals surface area contributed by atoms with Gasteiger partial charge in [-0.05, 0) is 63.0 Å². The van der Waals surface area contributed by atoms with E-state index in [1.54, 1.807) is 33.5 Å². The van der Waals surface area contributed by atoms with Crippen molar-refractivity contribution >= 4 is 34.0 Å². The fourth-order valence-electron chi connectivity index (χ4n) is 3.57. The highest BCUT2D eigenvalue weighted by Crippen LogP contribution is 2.26. The molecule has 0 saturated carbocycles. The highest BCUT2D eigenvalue weighted by Gasteiger charge is 2.30. The number of nitrogens with one attached hydrogen (secondary N) is 1. The molecule has 2 aliphatic rings.